The molecule has 0 aromatic heterocycles. The van der Waals surface area contributed by atoms with E-state index in [9.17, 15) is 0 Å². The summed E-state index contributed by atoms with van der Waals surface area (Å²) in [5, 5.41) is 0. The van der Waals surface area contributed by atoms with Crippen LogP contribution in [-0.4, -0.2) is 78.5 Å². The van der Waals surface area contributed by atoms with E-state index in [1.165, 1.54) is 0 Å². The van der Waals surface area contributed by atoms with Crippen LogP contribution < -0.4 is 9.80 Å². The van der Waals surface area contributed by atoms with Gasteiger partial charge < -0.3 is 0 Å². The minimum absolute atomic E-state index is 0.389. The van der Waals surface area contributed by atoms with Crippen molar-refractivity contribution in [1.29, 1.82) is 0 Å². The van der Waals surface area contributed by atoms with Crippen LogP contribution in [0.5, 0.6) is 0 Å². The fourth-order valence-corrected chi connectivity index (χ4v) is 1.99. The maximum Gasteiger partial charge on any atom is 0.330 e. The summed E-state index contributed by atoms with van der Waals surface area (Å²) in [6, 6.07) is 0. The Labute approximate surface area is 89.1 Å². The lowest BCUT2D eigenvalue weighted by atomic mass is 10.2. The molecule has 0 aromatic carbocycles. The van der Waals surface area contributed by atoms with Gasteiger partial charge in [-0.3, -0.25) is 9.80 Å². The molecule has 0 aliphatic carbocycles. The van der Waals surface area contributed by atoms with Gasteiger partial charge in [0.25, 0.3) is 0 Å². The second-order valence-electron chi connectivity index (χ2n) is 4.68. The highest BCUT2D eigenvalue weighted by atomic mass is 15.4. The standard InChI is InChI=1S/C10H26N4/c1-11(2)9(12(3)4)10(13(5)6)14(7)8/h9-10H,1-8H3/q+2. The van der Waals surface area contributed by atoms with Crippen LogP contribution in [0.3, 0.4) is 0 Å². The maximum atomic E-state index is 2.24. The van der Waals surface area contributed by atoms with Gasteiger partial charge >= 0.3 is 6.17 Å². The monoisotopic (exact) mass is 202 g/mol. The quantitative estimate of drug-likeness (QED) is 0.444. The smallest absolute Gasteiger partial charge is 0.283 e. The molecular formula is C10H26N4+2. The first-order chi connectivity index (χ1) is 6.29. The fourth-order valence-electron chi connectivity index (χ4n) is 1.99. The Bertz CT molecular complexity index is 120. The van der Waals surface area contributed by atoms with E-state index in [4.69, 9.17) is 0 Å². The number of hydrogen-bond donors (Lipinski definition) is 0. The van der Waals surface area contributed by atoms with Crippen molar-refractivity contribution in [3.05, 3.63) is 0 Å². The fraction of sp³-hybridized carbons (Fsp3) is 1.00. The van der Waals surface area contributed by atoms with Crippen molar-refractivity contribution in [1.82, 2.24) is 19.6 Å². The van der Waals surface area contributed by atoms with E-state index in [-0.39, 0.29) is 0 Å². The van der Waals surface area contributed by atoms with Gasteiger partial charge in [-0.1, -0.05) is 0 Å². The zero-order valence-corrected chi connectivity index (χ0v) is 10.9. The van der Waals surface area contributed by atoms with Crippen molar-refractivity contribution in [3.63, 3.8) is 0 Å². The maximum absolute atomic E-state index is 2.24. The zero-order chi connectivity index (χ0) is 11.5. The summed E-state index contributed by atoms with van der Waals surface area (Å²) in [7, 11) is 16.9. The van der Waals surface area contributed by atoms with Gasteiger partial charge in [-0.2, -0.15) is 0 Å². The minimum Gasteiger partial charge on any atom is -0.283 e. The van der Waals surface area contributed by atoms with E-state index in [0.29, 0.717) is 12.3 Å². The minimum atomic E-state index is 0.389. The molecule has 0 amide bonds. The molecule has 0 N–H and O–H groups in total. The van der Waals surface area contributed by atoms with E-state index in [2.05, 4.69) is 76.0 Å². The molecule has 0 saturated heterocycles. The average Bonchev–Trinajstić information content (AvgIpc) is 1.96. The summed E-state index contributed by atoms with van der Waals surface area (Å²) >= 11 is 0. The summed E-state index contributed by atoms with van der Waals surface area (Å²) in [4.78, 5) is 8.96. The van der Waals surface area contributed by atoms with Crippen LogP contribution in [-0.2, 0) is 0 Å². The van der Waals surface area contributed by atoms with Crippen molar-refractivity contribution in [2.75, 3.05) is 56.4 Å². The van der Waals surface area contributed by atoms with Crippen LogP contribution in [0.4, 0.5) is 0 Å². The van der Waals surface area contributed by atoms with Gasteiger partial charge in [0.2, 0.25) is 0 Å². The van der Waals surface area contributed by atoms with Gasteiger partial charge in [0.05, 0.1) is 0 Å². The molecule has 0 aliphatic heterocycles. The van der Waals surface area contributed by atoms with Gasteiger partial charge in [-0.25, -0.2) is 0 Å². The van der Waals surface area contributed by atoms with Gasteiger partial charge in [-0.05, 0) is 28.2 Å². The van der Waals surface area contributed by atoms with Gasteiger partial charge in [0.15, 0.2) is 6.17 Å². The van der Waals surface area contributed by atoms with Crippen LogP contribution in [0.1, 0.15) is 0 Å². The van der Waals surface area contributed by atoms with Crippen molar-refractivity contribution in [3.8, 4) is 0 Å². The number of hydrogen-bond acceptors (Lipinski definition) is 4. The van der Waals surface area contributed by atoms with Crippen LogP contribution in [0.25, 0.3) is 0 Å². The molecule has 0 atom stereocenters. The first kappa shape index (κ1) is 13.8. The Kier molecular flexibility index (Phi) is 5.59. The highest BCUT2D eigenvalue weighted by Crippen LogP contribution is 2.07. The zero-order valence-electron chi connectivity index (χ0n) is 10.9. The van der Waals surface area contributed by atoms with Crippen molar-refractivity contribution >= 4 is 0 Å². The Hall–Kier alpha value is -0.160. The molecule has 84 valence electrons. The molecule has 14 heavy (non-hydrogen) atoms. The number of nitrogens with zero attached hydrogens (tertiary/aromatic N) is 4. The molecule has 0 fully saturated rings. The van der Waals surface area contributed by atoms with E-state index >= 15 is 0 Å². The molecule has 0 spiro atoms. The van der Waals surface area contributed by atoms with Crippen LogP contribution in [0, 0.1) is 0 Å². The SMILES string of the molecule is CN(C)C(C([N+](C)C)[N+](C)C)N(C)C. The molecule has 0 aromatic rings. The van der Waals surface area contributed by atoms with E-state index in [0.717, 1.165) is 0 Å². The van der Waals surface area contributed by atoms with Gasteiger partial charge in [-0.15, -0.1) is 9.80 Å². The summed E-state index contributed by atoms with van der Waals surface area (Å²) in [5.41, 5.74) is 0. The lowest BCUT2D eigenvalue weighted by Crippen LogP contribution is -2.63. The summed E-state index contributed by atoms with van der Waals surface area (Å²) in [6.07, 6.45) is 0.778. The van der Waals surface area contributed by atoms with E-state index in [1.54, 1.807) is 0 Å². The molecule has 0 aliphatic rings. The highest BCUT2D eigenvalue weighted by molar-refractivity contribution is 4.82. The first-order valence-electron chi connectivity index (χ1n) is 4.94. The predicted octanol–water partition coefficient (Wildman–Crippen LogP) is -0.439. The Balaban J connectivity index is 4.74. The lowest BCUT2D eigenvalue weighted by molar-refractivity contribution is 0.0383. The molecule has 0 bridgehead atoms. The van der Waals surface area contributed by atoms with Crippen LogP contribution >= 0.6 is 0 Å². The average molecular weight is 202 g/mol. The van der Waals surface area contributed by atoms with Crippen molar-refractivity contribution in [2.24, 2.45) is 0 Å². The number of likely N-dealkylation sites (N-methyl/N-ethyl adjacent to an activating group) is 4. The third kappa shape index (κ3) is 3.53. The molecule has 0 rings (SSSR count). The van der Waals surface area contributed by atoms with E-state index < -0.39 is 0 Å². The largest absolute Gasteiger partial charge is 0.330 e. The molecule has 4 heteroatoms. The van der Waals surface area contributed by atoms with Crippen LogP contribution in [0.2, 0.25) is 0 Å². The van der Waals surface area contributed by atoms with Gasteiger partial charge in [0.1, 0.15) is 28.2 Å². The van der Waals surface area contributed by atoms with Crippen LogP contribution in [0.15, 0.2) is 0 Å². The normalized spacial score (nSPS) is 13.3. The topological polar surface area (TPSA) is 18.3 Å². The molecule has 2 radical (unpaired) electrons. The predicted molar refractivity (Wildman–Crippen MR) is 62.9 cm³/mol. The number of rotatable bonds is 5. The van der Waals surface area contributed by atoms with Crippen molar-refractivity contribution < 1.29 is 0 Å². The van der Waals surface area contributed by atoms with E-state index in [1.807, 2.05) is 0 Å². The summed E-state index contributed by atoms with van der Waals surface area (Å²) in [6.45, 7) is 0. The first-order valence-corrected chi connectivity index (χ1v) is 4.94. The summed E-state index contributed by atoms with van der Waals surface area (Å²) < 4.78 is 0. The second-order valence-corrected chi connectivity index (χ2v) is 4.68. The third-order valence-corrected chi connectivity index (χ3v) is 2.38. The lowest BCUT2D eigenvalue weighted by Gasteiger charge is -2.33. The summed E-state index contributed by atoms with van der Waals surface area (Å²) in [5.74, 6) is 0. The van der Waals surface area contributed by atoms with Crippen molar-refractivity contribution in [2.45, 2.75) is 12.3 Å². The van der Waals surface area contributed by atoms with Gasteiger partial charge in [0, 0.05) is 0 Å². The molecule has 0 saturated carbocycles. The highest BCUT2D eigenvalue weighted by Gasteiger charge is 2.41. The Morgan fingerprint density at radius 2 is 1.00 bits per heavy atom. The molecule has 0 heterocycles. The third-order valence-electron chi connectivity index (χ3n) is 2.38. The molecular weight excluding hydrogens is 176 g/mol. The Morgan fingerprint density at radius 3 is 1.07 bits per heavy atom. The second kappa shape index (κ2) is 5.66. The molecule has 4 nitrogen and oxygen atoms in total. The Morgan fingerprint density at radius 1 is 0.714 bits per heavy atom. The molecule has 0 unspecified atom stereocenters.